The Morgan fingerprint density at radius 2 is 1.75 bits per heavy atom. The fourth-order valence-corrected chi connectivity index (χ4v) is 2.74. The van der Waals surface area contributed by atoms with E-state index in [2.05, 4.69) is 31.3 Å². The molecule has 0 saturated carbocycles. The molecule has 2 aromatic rings. The highest BCUT2D eigenvalue weighted by atomic mass is 16.6. The number of aliphatic hydroxyl groups excluding tert-OH is 1. The van der Waals surface area contributed by atoms with Crippen LogP contribution in [0.1, 0.15) is 30.9 Å². The van der Waals surface area contributed by atoms with Crippen LogP contribution < -0.4 is 5.32 Å². The van der Waals surface area contributed by atoms with Crippen LogP contribution in [0.4, 0.5) is 5.69 Å². The fraction of sp³-hybridized carbons (Fsp3) is 0.368. The van der Waals surface area contributed by atoms with E-state index in [0.717, 1.165) is 5.56 Å². The maximum absolute atomic E-state index is 10.7. The Kier molecular flexibility index (Phi) is 6.06. The lowest BCUT2D eigenvalue weighted by atomic mass is 9.75. The lowest BCUT2D eigenvalue weighted by Gasteiger charge is -2.33. The fourth-order valence-electron chi connectivity index (χ4n) is 2.74. The maximum Gasteiger partial charge on any atom is 0.269 e. The minimum absolute atomic E-state index is 0.0994. The normalized spacial score (nSPS) is 12.8. The van der Waals surface area contributed by atoms with Gasteiger partial charge in [0, 0.05) is 37.7 Å². The predicted molar refractivity (Wildman–Crippen MR) is 94.9 cm³/mol. The third-order valence-electron chi connectivity index (χ3n) is 4.38. The third-order valence-corrected chi connectivity index (χ3v) is 4.38. The SMILES string of the molecule is CC(C)(CO)C(CNCc1ccc([N+](=O)[O-])cc1)c1ccccc1. The lowest BCUT2D eigenvalue weighted by Crippen LogP contribution is -2.34. The molecular weight excluding hydrogens is 304 g/mol. The molecule has 0 spiro atoms. The van der Waals surface area contributed by atoms with E-state index in [4.69, 9.17) is 0 Å². The van der Waals surface area contributed by atoms with Crippen molar-refractivity contribution in [3.63, 3.8) is 0 Å². The highest BCUT2D eigenvalue weighted by molar-refractivity contribution is 5.32. The first-order valence-electron chi connectivity index (χ1n) is 8.04. The molecule has 0 aliphatic heterocycles. The van der Waals surface area contributed by atoms with Crippen LogP contribution in [0.5, 0.6) is 0 Å². The Labute approximate surface area is 142 Å². The molecule has 2 N–H and O–H groups in total. The minimum Gasteiger partial charge on any atom is -0.396 e. The molecular formula is C19H24N2O3. The van der Waals surface area contributed by atoms with Crippen molar-refractivity contribution in [2.75, 3.05) is 13.2 Å². The summed E-state index contributed by atoms with van der Waals surface area (Å²) in [6, 6.07) is 16.7. The zero-order chi connectivity index (χ0) is 17.6. The molecule has 0 aliphatic carbocycles. The van der Waals surface area contributed by atoms with E-state index < -0.39 is 4.92 Å². The molecule has 0 heterocycles. The van der Waals surface area contributed by atoms with Gasteiger partial charge in [-0.15, -0.1) is 0 Å². The third kappa shape index (κ3) is 4.63. The average Bonchev–Trinajstić information content (AvgIpc) is 2.59. The van der Waals surface area contributed by atoms with Gasteiger partial charge in [-0.05, 0) is 16.5 Å². The number of benzene rings is 2. The van der Waals surface area contributed by atoms with Gasteiger partial charge >= 0.3 is 0 Å². The second-order valence-electron chi connectivity index (χ2n) is 6.66. The molecule has 1 unspecified atom stereocenters. The number of aliphatic hydroxyl groups is 1. The van der Waals surface area contributed by atoms with Gasteiger partial charge in [0.15, 0.2) is 0 Å². The van der Waals surface area contributed by atoms with Crippen molar-refractivity contribution in [3.8, 4) is 0 Å². The monoisotopic (exact) mass is 328 g/mol. The Hall–Kier alpha value is -2.24. The van der Waals surface area contributed by atoms with Crippen LogP contribution in [-0.2, 0) is 6.54 Å². The van der Waals surface area contributed by atoms with Crippen LogP contribution in [-0.4, -0.2) is 23.2 Å². The molecule has 128 valence electrons. The molecule has 0 radical (unpaired) electrons. The molecule has 0 bridgehead atoms. The lowest BCUT2D eigenvalue weighted by molar-refractivity contribution is -0.384. The summed E-state index contributed by atoms with van der Waals surface area (Å²) in [5, 5.41) is 23.8. The standard InChI is InChI=1S/C19H24N2O3/c1-19(2,14-22)18(16-6-4-3-5-7-16)13-20-12-15-8-10-17(11-9-15)21(23)24/h3-11,18,20,22H,12-14H2,1-2H3. The van der Waals surface area contributed by atoms with Crippen molar-refractivity contribution in [1.29, 1.82) is 0 Å². The van der Waals surface area contributed by atoms with Crippen LogP contribution in [0.15, 0.2) is 54.6 Å². The number of nitrogens with one attached hydrogen (secondary N) is 1. The van der Waals surface area contributed by atoms with E-state index in [-0.39, 0.29) is 23.6 Å². The number of rotatable bonds is 8. The Balaban J connectivity index is 2.02. The molecule has 0 fully saturated rings. The Morgan fingerprint density at radius 1 is 1.12 bits per heavy atom. The molecule has 0 aromatic heterocycles. The quantitative estimate of drug-likeness (QED) is 0.574. The van der Waals surface area contributed by atoms with Crippen molar-refractivity contribution >= 4 is 5.69 Å². The number of nitro benzene ring substituents is 1. The summed E-state index contributed by atoms with van der Waals surface area (Å²) in [5.74, 6) is 0.168. The summed E-state index contributed by atoms with van der Waals surface area (Å²) in [6.07, 6.45) is 0. The predicted octanol–water partition coefficient (Wildman–Crippen LogP) is 3.49. The number of hydrogen-bond acceptors (Lipinski definition) is 4. The first kappa shape index (κ1) is 18.1. The number of non-ortho nitro benzene ring substituents is 1. The number of hydrogen-bond donors (Lipinski definition) is 2. The van der Waals surface area contributed by atoms with Crippen molar-refractivity contribution in [2.24, 2.45) is 5.41 Å². The summed E-state index contributed by atoms with van der Waals surface area (Å²) in [6.45, 7) is 5.56. The summed E-state index contributed by atoms with van der Waals surface area (Å²) < 4.78 is 0. The smallest absolute Gasteiger partial charge is 0.269 e. The van der Waals surface area contributed by atoms with Crippen molar-refractivity contribution in [1.82, 2.24) is 5.32 Å². The van der Waals surface area contributed by atoms with E-state index >= 15 is 0 Å². The minimum atomic E-state index is -0.396. The summed E-state index contributed by atoms with van der Waals surface area (Å²) in [7, 11) is 0. The van der Waals surface area contributed by atoms with Crippen molar-refractivity contribution < 1.29 is 10.0 Å². The molecule has 5 nitrogen and oxygen atoms in total. The molecule has 0 amide bonds. The van der Waals surface area contributed by atoms with Crippen LogP contribution in [0.3, 0.4) is 0 Å². The van der Waals surface area contributed by atoms with Crippen LogP contribution in [0.25, 0.3) is 0 Å². The van der Waals surface area contributed by atoms with Gasteiger partial charge in [-0.3, -0.25) is 10.1 Å². The summed E-state index contributed by atoms with van der Waals surface area (Å²) >= 11 is 0. The first-order valence-corrected chi connectivity index (χ1v) is 8.04. The second kappa shape index (κ2) is 8.04. The van der Waals surface area contributed by atoms with Crippen molar-refractivity contribution in [2.45, 2.75) is 26.3 Å². The van der Waals surface area contributed by atoms with Gasteiger partial charge in [-0.2, -0.15) is 0 Å². The molecule has 5 heteroatoms. The molecule has 2 aromatic carbocycles. The average molecular weight is 328 g/mol. The van der Waals surface area contributed by atoms with E-state index in [1.54, 1.807) is 12.1 Å². The Bertz CT molecular complexity index is 654. The highest BCUT2D eigenvalue weighted by Gasteiger charge is 2.29. The zero-order valence-corrected chi connectivity index (χ0v) is 14.1. The zero-order valence-electron chi connectivity index (χ0n) is 14.1. The number of nitrogens with zero attached hydrogens (tertiary/aromatic N) is 1. The van der Waals surface area contributed by atoms with Gasteiger partial charge in [0.25, 0.3) is 5.69 Å². The second-order valence-corrected chi connectivity index (χ2v) is 6.66. The summed E-state index contributed by atoms with van der Waals surface area (Å²) in [5.41, 5.74) is 2.04. The largest absolute Gasteiger partial charge is 0.396 e. The van der Waals surface area contributed by atoms with E-state index in [1.807, 2.05) is 18.2 Å². The molecule has 1 atom stereocenters. The van der Waals surface area contributed by atoms with Gasteiger partial charge in [-0.25, -0.2) is 0 Å². The summed E-state index contributed by atoms with van der Waals surface area (Å²) in [4.78, 5) is 10.3. The van der Waals surface area contributed by atoms with Gasteiger partial charge in [0.1, 0.15) is 0 Å². The maximum atomic E-state index is 10.7. The van der Waals surface area contributed by atoms with Crippen LogP contribution in [0, 0.1) is 15.5 Å². The Morgan fingerprint density at radius 3 is 2.29 bits per heavy atom. The van der Waals surface area contributed by atoms with E-state index in [9.17, 15) is 15.2 Å². The topological polar surface area (TPSA) is 75.4 Å². The molecule has 0 aliphatic rings. The van der Waals surface area contributed by atoms with Gasteiger partial charge in [0.05, 0.1) is 4.92 Å². The van der Waals surface area contributed by atoms with Crippen LogP contribution >= 0.6 is 0 Å². The van der Waals surface area contributed by atoms with Gasteiger partial charge < -0.3 is 10.4 Å². The van der Waals surface area contributed by atoms with Gasteiger partial charge in [-0.1, -0.05) is 56.3 Å². The first-order chi connectivity index (χ1) is 11.4. The van der Waals surface area contributed by atoms with Crippen LogP contribution in [0.2, 0.25) is 0 Å². The molecule has 2 rings (SSSR count). The van der Waals surface area contributed by atoms with E-state index in [0.29, 0.717) is 13.1 Å². The molecule has 24 heavy (non-hydrogen) atoms. The number of nitro groups is 1. The van der Waals surface area contributed by atoms with Gasteiger partial charge in [0.2, 0.25) is 0 Å². The van der Waals surface area contributed by atoms with E-state index in [1.165, 1.54) is 17.7 Å². The highest BCUT2D eigenvalue weighted by Crippen LogP contribution is 2.34. The molecule has 0 saturated heterocycles. The van der Waals surface area contributed by atoms with Crippen molar-refractivity contribution in [3.05, 3.63) is 75.8 Å².